The van der Waals surface area contributed by atoms with E-state index in [0.717, 1.165) is 0 Å². The predicted octanol–water partition coefficient (Wildman–Crippen LogP) is 2.83. The molecule has 0 unspecified atom stereocenters. The number of anilines is 2. The number of benzene rings is 2. The lowest BCUT2D eigenvalue weighted by atomic mass is 10.0. The van der Waals surface area contributed by atoms with Gasteiger partial charge in [0.2, 0.25) is 0 Å². The van der Waals surface area contributed by atoms with Gasteiger partial charge in [-0.1, -0.05) is 0 Å². The Morgan fingerprint density at radius 3 is 2.23 bits per heavy atom. The summed E-state index contributed by atoms with van der Waals surface area (Å²) in [5.74, 6) is -0.381. The number of amides is 3. The topological polar surface area (TPSA) is 87.5 Å². The van der Waals surface area contributed by atoms with Crippen LogP contribution in [-0.4, -0.2) is 36.0 Å². The van der Waals surface area contributed by atoms with E-state index in [0.29, 0.717) is 42.9 Å². The minimum Gasteiger partial charge on any atom is -0.399 e. The molecule has 6 nitrogen and oxygen atoms in total. The van der Waals surface area contributed by atoms with Gasteiger partial charge in [0.25, 0.3) is 5.91 Å². The number of nitrogens with one attached hydrogen (secondary N) is 2. The lowest BCUT2D eigenvalue weighted by Gasteiger charge is -2.32. The maximum atomic E-state index is 12.9. The van der Waals surface area contributed by atoms with Gasteiger partial charge in [-0.25, -0.2) is 9.18 Å². The molecular formula is C19H21FN4O2. The Hall–Kier alpha value is -3.09. The van der Waals surface area contributed by atoms with Crippen LogP contribution in [0.5, 0.6) is 0 Å². The molecule has 4 N–H and O–H groups in total. The van der Waals surface area contributed by atoms with Crippen LogP contribution in [0, 0.1) is 5.82 Å². The van der Waals surface area contributed by atoms with Crippen LogP contribution in [0.15, 0.2) is 48.5 Å². The molecule has 26 heavy (non-hydrogen) atoms. The molecule has 0 radical (unpaired) electrons. The van der Waals surface area contributed by atoms with Crippen LogP contribution in [0.3, 0.4) is 0 Å². The number of likely N-dealkylation sites (tertiary alicyclic amines) is 1. The molecule has 0 bridgehead atoms. The second kappa shape index (κ2) is 7.86. The SMILES string of the molecule is Nc1ccc(C(=O)N2CCC(NC(=O)Nc3ccc(F)cc3)CC2)cc1. The van der Waals surface area contributed by atoms with E-state index in [2.05, 4.69) is 10.6 Å². The van der Waals surface area contributed by atoms with E-state index in [9.17, 15) is 14.0 Å². The summed E-state index contributed by atoms with van der Waals surface area (Å²) in [5.41, 5.74) is 7.40. The summed E-state index contributed by atoms with van der Waals surface area (Å²) < 4.78 is 12.9. The van der Waals surface area contributed by atoms with Gasteiger partial charge in [-0.3, -0.25) is 4.79 Å². The molecule has 2 aromatic rings. The van der Waals surface area contributed by atoms with Crippen molar-refractivity contribution in [2.45, 2.75) is 18.9 Å². The van der Waals surface area contributed by atoms with Gasteiger partial charge >= 0.3 is 6.03 Å². The molecule has 3 amide bonds. The average Bonchev–Trinajstić information content (AvgIpc) is 2.64. The predicted molar refractivity (Wildman–Crippen MR) is 98.3 cm³/mol. The van der Waals surface area contributed by atoms with E-state index >= 15 is 0 Å². The van der Waals surface area contributed by atoms with Gasteiger partial charge in [0.05, 0.1) is 0 Å². The summed E-state index contributed by atoms with van der Waals surface area (Å²) in [6.07, 6.45) is 1.36. The van der Waals surface area contributed by atoms with Crippen LogP contribution in [-0.2, 0) is 0 Å². The number of carbonyl (C=O) groups excluding carboxylic acids is 2. The fourth-order valence-electron chi connectivity index (χ4n) is 2.92. The molecule has 1 fully saturated rings. The maximum absolute atomic E-state index is 12.9. The monoisotopic (exact) mass is 356 g/mol. The average molecular weight is 356 g/mol. The molecule has 136 valence electrons. The highest BCUT2D eigenvalue weighted by atomic mass is 19.1. The summed E-state index contributed by atoms with van der Waals surface area (Å²) in [7, 11) is 0. The van der Waals surface area contributed by atoms with E-state index in [1.165, 1.54) is 24.3 Å². The largest absolute Gasteiger partial charge is 0.399 e. The molecule has 0 aliphatic carbocycles. The molecular weight excluding hydrogens is 335 g/mol. The lowest BCUT2D eigenvalue weighted by Crippen LogP contribution is -2.47. The van der Waals surface area contributed by atoms with Crippen molar-refractivity contribution in [2.24, 2.45) is 0 Å². The van der Waals surface area contributed by atoms with Gasteiger partial charge in [-0.05, 0) is 61.4 Å². The third kappa shape index (κ3) is 4.50. The third-order valence-electron chi connectivity index (χ3n) is 4.38. The standard InChI is InChI=1S/C19H21FN4O2/c20-14-3-7-16(8-4-14)22-19(26)23-17-9-11-24(12-10-17)18(25)13-1-5-15(21)6-2-13/h1-8,17H,9-12,21H2,(H2,22,23,26). The normalized spacial score (nSPS) is 14.7. The van der Waals surface area contributed by atoms with Gasteiger partial charge in [-0.15, -0.1) is 0 Å². The number of piperidine rings is 1. The summed E-state index contributed by atoms with van der Waals surface area (Å²) in [5, 5.41) is 5.56. The van der Waals surface area contributed by atoms with Gasteiger partial charge < -0.3 is 21.3 Å². The van der Waals surface area contributed by atoms with Crippen LogP contribution < -0.4 is 16.4 Å². The van der Waals surface area contributed by atoms with E-state index in [1.54, 1.807) is 29.2 Å². The van der Waals surface area contributed by atoms with E-state index < -0.39 is 0 Å². The zero-order valence-electron chi connectivity index (χ0n) is 14.2. The van der Waals surface area contributed by atoms with Crippen LogP contribution >= 0.6 is 0 Å². The van der Waals surface area contributed by atoms with Crippen molar-refractivity contribution in [3.63, 3.8) is 0 Å². The molecule has 1 heterocycles. The number of urea groups is 1. The van der Waals surface area contributed by atoms with Crippen molar-refractivity contribution < 1.29 is 14.0 Å². The number of nitrogen functional groups attached to an aromatic ring is 1. The number of carbonyl (C=O) groups is 2. The maximum Gasteiger partial charge on any atom is 0.319 e. The van der Waals surface area contributed by atoms with Crippen molar-refractivity contribution in [3.8, 4) is 0 Å². The first-order valence-electron chi connectivity index (χ1n) is 8.49. The molecule has 0 atom stereocenters. The second-order valence-corrected chi connectivity index (χ2v) is 6.29. The molecule has 0 aromatic heterocycles. The highest BCUT2D eigenvalue weighted by Gasteiger charge is 2.24. The Bertz CT molecular complexity index is 769. The van der Waals surface area contributed by atoms with E-state index in [-0.39, 0.29) is 23.8 Å². The Balaban J connectivity index is 1.47. The smallest absolute Gasteiger partial charge is 0.319 e. The van der Waals surface area contributed by atoms with E-state index in [4.69, 9.17) is 5.73 Å². The first-order valence-corrected chi connectivity index (χ1v) is 8.49. The number of rotatable bonds is 3. The van der Waals surface area contributed by atoms with Gasteiger partial charge in [0.1, 0.15) is 5.82 Å². The van der Waals surface area contributed by atoms with Gasteiger partial charge in [0.15, 0.2) is 0 Å². The molecule has 2 aromatic carbocycles. The minimum atomic E-state index is -0.353. The number of nitrogens with zero attached hydrogens (tertiary/aromatic N) is 1. The van der Waals surface area contributed by atoms with Crippen LogP contribution in [0.1, 0.15) is 23.2 Å². The zero-order chi connectivity index (χ0) is 18.5. The van der Waals surface area contributed by atoms with Crippen LogP contribution in [0.25, 0.3) is 0 Å². The van der Waals surface area contributed by atoms with Crippen LogP contribution in [0.2, 0.25) is 0 Å². The minimum absolute atomic E-state index is 0.00841. The Kier molecular flexibility index (Phi) is 5.36. The number of hydrogen-bond donors (Lipinski definition) is 3. The third-order valence-corrected chi connectivity index (χ3v) is 4.38. The lowest BCUT2D eigenvalue weighted by molar-refractivity contribution is 0.0709. The fourth-order valence-corrected chi connectivity index (χ4v) is 2.92. The first-order chi connectivity index (χ1) is 12.5. The number of hydrogen-bond acceptors (Lipinski definition) is 3. The molecule has 0 spiro atoms. The molecule has 3 rings (SSSR count). The Morgan fingerprint density at radius 2 is 1.62 bits per heavy atom. The highest BCUT2D eigenvalue weighted by molar-refractivity contribution is 5.94. The van der Waals surface area contributed by atoms with Crippen molar-refractivity contribution in [1.82, 2.24) is 10.2 Å². The van der Waals surface area contributed by atoms with Crippen molar-refractivity contribution in [1.29, 1.82) is 0 Å². The molecule has 1 saturated heterocycles. The molecule has 7 heteroatoms. The second-order valence-electron chi connectivity index (χ2n) is 6.29. The van der Waals surface area contributed by atoms with Gasteiger partial charge in [0, 0.05) is 36.1 Å². The quantitative estimate of drug-likeness (QED) is 0.739. The Labute approximate surface area is 151 Å². The number of nitrogens with two attached hydrogens (primary N) is 1. The summed E-state index contributed by atoms with van der Waals surface area (Å²) in [6.45, 7) is 1.15. The summed E-state index contributed by atoms with van der Waals surface area (Å²) >= 11 is 0. The Morgan fingerprint density at radius 1 is 1.00 bits per heavy atom. The number of halogens is 1. The van der Waals surface area contributed by atoms with Gasteiger partial charge in [-0.2, -0.15) is 0 Å². The van der Waals surface area contributed by atoms with Crippen molar-refractivity contribution in [3.05, 3.63) is 59.9 Å². The molecule has 1 aliphatic rings. The van der Waals surface area contributed by atoms with E-state index in [1.807, 2.05) is 0 Å². The highest BCUT2D eigenvalue weighted by Crippen LogP contribution is 2.15. The summed E-state index contributed by atoms with van der Waals surface area (Å²) in [6, 6.07) is 12.1. The van der Waals surface area contributed by atoms with Crippen molar-refractivity contribution in [2.75, 3.05) is 24.1 Å². The zero-order valence-corrected chi connectivity index (χ0v) is 14.2. The first kappa shape index (κ1) is 17.7. The molecule has 1 aliphatic heterocycles. The summed E-state index contributed by atoms with van der Waals surface area (Å²) in [4.78, 5) is 26.3. The fraction of sp³-hybridized carbons (Fsp3) is 0.263. The van der Waals surface area contributed by atoms with Crippen LogP contribution in [0.4, 0.5) is 20.6 Å². The molecule has 0 saturated carbocycles. The van der Waals surface area contributed by atoms with Crippen molar-refractivity contribution >= 4 is 23.3 Å².